The highest BCUT2D eigenvalue weighted by atomic mass is 127. The Morgan fingerprint density at radius 3 is 2.47 bits per heavy atom. The van der Waals surface area contributed by atoms with Crippen LogP contribution >= 0.6 is 0 Å². The third-order valence-corrected chi connectivity index (χ3v) is 2.82. The molecule has 1 aliphatic rings. The van der Waals surface area contributed by atoms with Crippen molar-refractivity contribution in [1.82, 2.24) is 0 Å². The number of carbonyl (C=O) groups is 1. The molecule has 0 spiro atoms. The molecule has 0 radical (unpaired) electrons. The van der Waals surface area contributed by atoms with Crippen molar-refractivity contribution in [2.75, 3.05) is 33.3 Å². The van der Waals surface area contributed by atoms with E-state index in [-0.39, 0.29) is 36.0 Å². The third-order valence-electron chi connectivity index (χ3n) is 2.82. The second-order valence-electron chi connectivity index (χ2n) is 4.26. The van der Waals surface area contributed by atoms with Crippen LogP contribution in [0.3, 0.4) is 0 Å². The van der Waals surface area contributed by atoms with Crippen molar-refractivity contribution < 1.29 is 43.1 Å². The van der Waals surface area contributed by atoms with Gasteiger partial charge in [-0.3, -0.25) is 0 Å². The highest BCUT2D eigenvalue weighted by Gasteiger charge is 2.31. The molecule has 0 aromatic rings. The summed E-state index contributed by atoms with van der Waals surface area (Å²) >= 11 is 0. The van der Waals surface area contributed by atoms with Gasteiger partial charge in [-0.25, -0.2) is 4.79 Å². The van der Waals surface area contributed by atoms with Crippen LogP contribution in [0.25, 0.3) is 0 Å². The summed E-state index contributed by atoms with van der Waals surface area (Å²) in [5, 5.41) is 9.35. The van der Waals surface area contributed by atoms with Crippen molar-refractivity contribution >= 4 is 5.97 Å². The first-order valence-corrected chi connectivity index (χ1v) is 5.23. The van der Waals surface area contributed by atoms with Crippen molar-refractivity contribution in [2.24, 2.45) is 0 Å². The highest BCUT2D eigenvalue weighted by molar-refractivity contribution is 5.70. The van der Waals surface area contributed by atoms with E-state index in [1.54, 1.807) is 0 Å². The van der Waals surface area contributed by atoms with Gasteiger partial charge in [-0.05, 0) is 6.92 Å². The molecule has 5 heteroatoms. The second-order valence-corrected chi connectivity index (χ2v) is 4.26. The number of rotatable bonds is 3. The predicted molar refractivity (Wildman–Crippen MR) is 52.7 cm³/mol. The maximum Gasteiger partial charge on any atom is 0.361 e. The highest BCUT2D eigenvalue weighted by Crippen LogP contribution is 2.16. The normalized spacial score (nSPS) is 30.5. The number of hydrogen-bond donors (Lipinski definition) is 1. The fraction of sp³-hybridized carbons (Fsp3) is 0.900. The second kappa shape index (κ2) is 6.65. The van der Waals surface area contributed by atoms with Crippen LogP contribution < -0.4 is 24.0 Å². The molecule has 0 saturated carbocycles. The van der Waals surface area contributed by atoms with Gasteiger partial charge in [0.25, 0.3) is 0 Å². The van der Waals surface area contributed by atoms with Crippen LogP contribution in [0, 0.1) is 0 Å². The molecule has 1 fully saturated rings. The number of nitrogens with zero attached hydrogens (tertiary/aromatic N) is 1. The van der Waals surface area contributed by atoms with Crippen molar-refractivity contribution in [2.45, 2.75) is 25.9 Å². The summed E-state index contributed by atoms with van der Waals surface area (Å²) in [7, 11) is 2.04. The lowest BCUT2D eigenvalue weighted by Gasteiger charge is -2.38. The van der Waals surface area contributed by atoms with Gasteiger partial charge in [0.2, 0.25) is 0 Å². The molecule has 0 bridgehead atoms. The minimum Gasteiger partial charge on any atom is -1.00 e. The monoisotopic (exact) mass is 329 g/mol. The topological polar surface area (TPSA) is 46.5 Å². The number of aliphatic hydroxyl groups excluding tert-OH is 1. The van der Waals surface area contributed by atoms with Crippen molar-refractivity contribution in [3.05, 3.63) is 0 Å². The Balaban J connectivity index is 0.00000196. The molecule has 0 aliphatic carbocycles. The van der Waals surface area contributed by atoms with E-state index in [9.17, 15) is 9.90 Å². The Kier molecular flexibility index (Phi) is 6.70. The maximum absolute atomic E-state index is 11.3. The molecule has 0 unspecified atom stereocenters. The van der Waals surface area contributed by atoms with Gasteiger partial charge in [-0.2, -0.15) is 0 Å². The van der Waals surface area contributed by atoms with Crippen molar-refractivity contribution in [3.8, 4) is 0 Å². The summed E-state index contributed by atoms with van der Waals surface area (Å²) < 4.78 is 5.62. The number of hydrogen-bond acceptors (Lipinski definition) is 3. The molecule has 1 heterocycles. The number of likely N-dealkylation sites (tertiary alicyclic amines) is 1. The summed E-state index contributed by atoms with van der Waals surface area (Å²) in [5.74, 6) is -0.133. The first kappa shape index (κ1) is 15.1. The van der Waals surface area contributed by atoms with E-state index in [1.807, 2.05) is 14.0 Å². The third kappa shape index (κ3) is 5.12. The van der Waals surface area contributed by atoms with E-state index in [4.69, 9.17) is 4.74 Å². The number of ether oxygens (including phenoxy) is 1. The fourth-order valence-corrected chi connectivity index (χ4v) is 1.85. The number of halogens is 1. The van der Waals surface area contributed by atoms with Gasteiger partial charge in [0.1, 0.15) is 0 Å². The van der Waals surface area contributed by atoms with Crippen LogP contribution in [0.4, 0.5) is 0 Å². The van der Waals surface area contributed by atoms with Gasteiger partial charge >= 0.3 is 5.97 Å². The number of esters is 1. The summed E-state index contributed by atoms with van der Waals surface area (Å²) in [5.41, 5.74) is 0. The summed E-state index contributed by atoms with van der Waals surface area (Å²) in [4.78, 5) is 11.3. The van der Waals surface area contributed by atoms with Crippen LogP contribution in [0.2, 0.25) is 0 Å². The zero-order valence-corrected chi connectivity index (χ0v) is 11.6. The SMILES string of the molecule is CCOC(=O)C[N+]1(C)CCC(O)CC1.[I-]. The van der Waals surface area contributed by atoms with Crippen LogP contribution in [0.15, 0.2) is 0 Å². The molecule has 1 aliphatic heterocycles. The van der Waals surface area contributed by atoms with E-state index in [0.29, 0.717) is 17.6 Å². The van der Waals surface area contributed by atoms with E-state index >= 15 is 0 Å². The lowest BCUT2D eigenvalue weighted by atomic mass is 10.1. The van der Waals surface area contributed by atoms with Crippen LogP contribution in [0.5, 0.6) is 0 Å². The number of piperidine rings is 1. The quantitative estimate of drug-likeness (QED) is 0.345. The molecule has 0 aromatic heterocycles. The van der Waals surface area contributed by atoms with Gasteiger partial charge in [0.15, 0.2) is 6.54 Å². The molecule has 0 amide bonds. The molecule has 15 heavy (non-hydrogen) atoms. The molecule has 0 aromatic carbocycles. The van der Waals surface area contributed by atoms with Gasteiger partial charge in [0, 0.05) is 12.8 Å². The Labute approximate surface area is 108 Å². The maximum atomic E-state index is 11.3. The molecule has 0 atom stereocenters. The number of quaternary nitrogens is 1. The molecular weight excluding hydrogens is 309 g/mol. The zero-order chi connectivity index (χ0) is 10.6. The molecule has 1 N–H and O–H groups in total. The summed E-state index contributed by atoms with van der Waals surface area (Å²) in [6.45, 7) is 4.42. The van der Waals surface area contributed by atoms with Gasteiger partial charge < -0.3 is 38.3 Å². The lowest BCUT2D eigenvalue weighted by Crippen LogP contribution is -3.00. The predicted octanol–water partition coefficient (Wildman–Crippen LogP) is -2.85. The molecule has 90 valence electrons. The average Bonchev–Trinajstić information content (AvgIpc) is 2.11. The smallest absolute Gasteiger partial charge is 0.361 e. The number of carbonyl (C=O) groups excluding carboxylic acids is 1. The first-order valence-electron chi connectivity index (χ1n) is 5.23. The lowest BCUT2D eigenvalue weighted by molar-refractivity contribution is -0.908. The minimum atomic E-state index is -0.177. The molecule has 1 saturated heterocycles. The number of likely N-dealkylation sites (N-methyl/N-ethyl adjacent to an activating group) is 1. The Hall–Kier alpha value is 0.120. The van der Waals surface area contributed by atoms with Gasteiger partial charge in [-0.1, -0.05) is 0 Å². The standard InChI is InChI=1S/C10H20NO3.HI/c1-3-14-10(13)8-11(2)6-4-9(12)5-7-11;/h9,12H,3-8H2,1-2H3;1H/q+1;/p-1. The van der Waals surface area contributed by atoms with E-state index in [2.05, 4.69) is 0 Å². The van der Waals surface area contributed by atoms with E-state index in [1.165, 1.54) is 0 Å². The minimum absolute atomic E-state index is 0. The Morgan fingerprint density at radius 1 is 1.47 bits per heavy atom. The first-order chi connectivity index (χ1) is 6.56. The van der Waals surface area contributed by atoms with Crippen LogP contribution in [-0.4, -0.2) is 55.0 Å². The van der Waals surface area contributed by atoms with Crippen molar-refractivity contribution in [1.29, 1.82) is 0 Å². The zero-order valence-electron chi connectivity index (χ0n) is 9.41. The Morgan fingerprint density at radius 2 is 2.00 bits per heavy atom. The van der Waals surface area contributed by atoms with E-state index in [0.717, 1.165) is 25.9 Å². The summed E-state index contributed by atoms with van der Waals surface area (Å²) in [6, 6.07) is 0. The molecular formula is C10H20INO3. The largest absolute Gasteiger partial charge is 1.00 e. The fourth-order valence-electron chi connectivity index (χ4n) is 1.85. The Bertz CT molecular complexity index is 203. The summed E-state index contributed by atoms with van der Waals surface area (Å²) in [6.07, 6.45) is 1.40. The van der Waals surface area contributed by atoms with Crippen LogP contribution in [0.1, 0.15) is 19.8 Å². The van der Waals surface area contributed by atoms with Gasteiger partial charge in [0.05, 0.1) is 32.8 Å². The molecule has 4 nitrogen and oxygen atoms in total. The average molecular weight is 329 g/mol. The number of aliphatic hydroxyl groups is 1. The van der Waals surface area contributed by atoms with Crippen LogP contribution in [-0.2, 0) is 9.53 Å². The van der Waals surface area contributed by atoms with E-state index < -0.39 is 0 Å². The van der Waals surface area contributed by atoms with Gasteiger partial charge in [-0.15, -0.1) is 0 Å². The van der Waals surface area contributed by atoms with Crippen molar-refractivity contribution in [3.63, 3.8) is 0 Å². The molecule has 1 rings (SSSR count).